The van der Waals surface area contributed by atoms with Gasteiger partial charge >= 0.3 is 5.69 Å². The number of benzene rings is 1. The van der Waals surface area contributed by atoms with Gasteiger partial charge in [0.05, 0.1) is 50.1 Å². The number of imidazole rings is 1. The minimum atomic E-state index is -1.46. The van der Waals surface area contributed by atoms with Crippen LogP contribution in [0.3, 0.4) is 0 Å². The summed E-state index contributed by atoms with van der Waals surface area (Å²) >= 11 is -1.46. The van der Waals surface area contributed by atoms with E-state index in [0.29, 0.717) is 42.2 Å². The molecule has 1 aliphatic heterocycles. The second-order valence-corrected chi connectivity index (χ2v) is 7.34. The molecule has 1 saturated heterocycles. The quantitative estimate of drug-likeness (QED) is 0.616. The maximum absolute atomic E-state index is 12.5. The Balaban J connectivity index is 1.81. The molecule has 3 heterocycles. The van der Waals surface area contributed by atoms with Crippen molar-refractivity contribution >= 4 is 33.5 Å². The van der Waals surface area contributed by atoms with Crippen LogP contribution in [0.2, 0.25) is 0 Å². The Hall–Kier alpha value is -2.27. The molecule has 0 saturated carbocycles. The van der Waals surface area contributed by atoms with Gasteiger partial charge < -0.3 is 19.0 Å². The Bertz CT molecular complexity index is 1020. The maximum atomic E-state index is 12.5. The van der Waals surface area contributed by atoms with E-state index in [4.69, 9.17) is 14.6 Å². The Morgan fingerprint density at radius 3 is 2.69 bits per heavy atom. The summed E-state index contributed by atoms with van der Waals surface area (Å²) in [7, 11) is 3.13. The summed E-state index contributed by atoms with van der Waals surface area (Å²) in [4.78, 5) is 19.7. The maximum Gasteiger partial charge on any atom is 0.326 e. The first-order chi connectivity index (χ1) is 12.5. The zero-order chi connectivity index (χ0) is 18.4. The number of aromatic amines is 1. The van der Waals surface area contributed by atoms with Crippen molar-refractivity contribution in [2.45, 2.75) is 6.54 Å². The Kier molecular flexibility index (Phi) is 4.27. The third-order valence-electron chi connectivity index (χ3n) is 4.72. The van der Waals surface area contributed by atoms with Gasteiger partial charge in [-0.05, 0) is 6.07 Å². The van der Waals surface area contributed by atoms with E-state index in [1.807, 2.05) is 6.07 Å². The largest absolute Gasteiger partial charge is 0.579 e. The van der Waals surface area contributed by atoms with Crippen LogP contribution in [-0.2, 0) is 18.1 Å². The van der Waals surface area contributed by atoms with Crippen LogP contribution in [0.5, 0.6) is 11.5 Å². The minimum Gasteiger partial charge on any atom is -0.579 e. The first-order valence-electron chi connectivity index (χ1n) is 8.06. The van der Waals surface area contributed by atoms with Crippen molar-refractivity contribution in [1.29, 1.82) is 0 Å². The lowest BCUT2D eigenvalue weighted by Gasteiger charge is -2.35. The van der Waals surface area contributed by atoms with Gasteiger partial charge in [-0.1, -0.05) is 0 Å². The van der Waals surface area contributed by atoms with Gasteiger partial charge in [-0.25, -0.2) is 4.79 Å². The molecule has 26 heavy (non-hydrogen) atoms. The first kappa shape index (κ1) is 17.2. The molecule has 1 unspecified atom stereocenters. The lowest BCUT2D eigenvalue weighted by atomic mass is 10.0. The SMILES string of the molecule is COc1cc2ncc3[nH]c(=O)n(CC4CN([S+](N)[O-])C4)c3c2cc1OC. The first-order valence-corrected chi connectivity index (χ1v) is 9.23. The van der Waals surface area contributed by atoms with E-state index < -0.39 is 11.5 Å². The molecule has 4 rings (SSSR count). The number of aromatic nitrogens is 3. The fourth-order valence-corrected chi connectivity index (χ4v) is 4.10. The zero-order valence-electron chi connectivity index (χ0n) is 14.4. The Morgan fingerprint density at radius 1 is 1.35 bits per heavy atom. The molecule has 138 valence electrons. The van der Waals surface area contributed by atoms with E-state index in [-0.39, 0.29) is 11.6 Å². The van der Waals surface area contributed by atoms with Crippen LogP contribution in [0.1, 0.15) is 0 Å². The van der Waals surface area contributed by atoms with Gasteiger partial charge in [0, 0.05) is 23.9 Å². The molecular weight excluding hydrogens is 358 g/mol. The van der Waals surface area contributed by atoms with Gasteiger partial charge in [-0.15, -0.1) is 9.44 Å². The average molecular weight is 377 g/mol. The lowest BCUT2D eigenvalue weighted by molar-refractivity contribution is 0.180. The number of methoxy groups -OCH3 is 2. The number of rotatable bonds is 5. The molecule has 10 heteroatoms. The highest BCUT2D eigenvalue weighted by Crippen LogP contribution is 2.34. The van der Waals surface area contributed by atoms with Gasteiger partial charge in [0.15, 0.2) is 11.5 Å². The van der Waals surface area contributed by atoms with Gasteiger partial charge in [0.2, 0.25) is 0 Å². The van der Waals surface area contributed by atoms with Crippen molar-refractivity contribution in [2.24, 2.45) is 11.1 Å². The molecule has 1 aromatic carbocycles. The molecular formula is C16H19N5O4S. The molecule has 3 N–H and O–H groups in total. The highest BCUT2D eigenvalue weighted by atomic mass is 32.2. The van der Waals surface area contributed by atoms with Crippen LogP contribution < -0.4 is 20.3 Å². The topological polar surface area (TPSA) is 121 Å². The standard InChI is InChI=1S/C16H19N5O4S/c1-24-13-3-10-11(4-14(13)25-2)18-5-12-15(10)21(16(22)19-12)8-9-6-20(7-9)26(17)23/h3-5,9H,6-8,17H2,1-2H3,(H,19,22). The van der Waals surface area contributed by atoms with Crippen LogP contribution >= 0.6 is 0 Å². The van der Waals surface area contributed by atoms with Crippen molar-refractivity contribution in [3.63, 3.8) is 0 Å². The third-order valence-corrected chi connectivity index (χ3v) is 5.53. The lowest BCUT2D eigenvalue weighted by Crippen LogP contribution is -2.54. The fraction of sp³-hybridized carbons (Fsp3) is 0.375. The van der Waals surface area contributed by atoms with E-state index in [9.17, 15) is 9.35 Å². The molecule has 3 aromatic rings. The number of pyridine rings is 1. The molecule has 0 spiro atoms. The molecule has 0 bridgehead atoms. The molecule has 2 aromatic heterocycles. The van der Waals surface area contributed by atoms with Crippen LogP contribution in [-0.4, -0.2) is 50.7 Å². The van der Waals surface area contributed by atoms with E-state index in [1.165, 1.54) is 0 Å². The predicted octanol–water partition coefficient (Wildman–Crippen LogP) is 0.364. The highest BCUT2D eigenvalue weighted by molar-refractivity contribution is 7.86. The molecule has 0 radical (unpaired) electrons. The van der Waals surface area contributed by atoms with Crippen molar-refractivity contribution in [3.8, 4) is 11.5 Å². The van der Waals surface area contributed by atoms with Crippen molar-refractivity contribution in [2.75, 3.05) is 27.3 Å². The van der Waals surface area contributed by atoms with Gasteiger partial charge in [-0.3, -0.25) is 9.55 Å². The minimum absolute atomic E-state index is 0.198. The van der Waals surface area contributed by atoms with Gasteiger partial charge in [-0.2, -0.15) is 0 Å². The second-order valence-electron chi connectivity index (χ2n) is 6.27. The van der Waals surface area contributed by atoms with E-state index >= 15 is 0 Å². The van der Waals surface area contributed by atoms with Crippen LogP contribution in [0.15, 0.2) is 23.1 Å². The zero-order valence-corrected chi connectivity index (χ0v) is 15.2. The van der Waals surface area contributed by atoms with Gasteiger partial charge in [0.25, 0.3) is 0 Å². The number of ether oxygens (including phenoxy) is 2. The summed E-state index contributed by atoms with van der Waals surface area (Å²) in [5, 5.41) is 6.18. The van der Waals surface area contributed by atoms with E-state index in [1.54, 1.807) is 35.4 Å². The summed E-state index contributed by atoms with van der Waals surface area (Å²) in [6.07, 6.45) is 1.64. The molecule has 1 aliphatic rings. The van der Waals surface area contributed by atoms with Crippen molar-refractivity contribution < 1.29 is 14.0 Å². The van der Waals surface area contributed by atoms with E-state index in [2.05, 4.69) is 9.97 Å². The van der Waals surface area contributed by atoms with Gasteiger partial charge in [0.1, 0.15) is 11.5 Å². The van der Waals surface area contributed by atoms with Crippen molar-refractivity contribution in [1.82, 2.24) is 18.8 Å². The van der Waals surface area contributed by atoms with Crippen LogP contribution in [0, 0.1) is 5.92 Å². The number of hydrogen-bond donors (Lipinski definition) is 2. The molecule has 1 atom stereocenters. The molecule has 9 nitrogen and oxygen atoms in total. The number of hydrogen-bond acceptors (Lipinski definition) is 7. The van der Waals surface area contributed by atoms with E-state index in [0.717, 1.165) is 10.9 Å². The summed E-state index contributed by atoms with van der Waals surface area (Å²) in [5.74, 6) is 1.36. The number of nitrogens with two attached hydrogens (primary N) is 1. The molecule has 0 aliphatic carbocycles. The van der Waals surface area contributed by atoms with Crippen LogP contribution in [0.25, 0.3) is 21.9 Å². The Labute approximate surface area is 152 Å². The summed E-state index contributed by atoms with van der Waals surface area (Å²) in [5.41, 5.74) is 1.94. The monoisotopic (exact) mass is 377 g/mol. The smallest absolute Gasteiger partial charge is 0.326 e. The second kappa shape index (κ2) is 6.47. The number of H-pyrrole nitrogens is 1. The summed E-state index contributed by atoms with van der Waals surface area (Å²) in [6.45, 7) is 1.71. The summed E-state index contributed by atoms with van der Waals surface area (Å²) in [6, 6.07) is 3.62. The predicted molar refractivity (Wildman–Crippen MR) is 98.4 cm³/mol. The number of nitrogens with zero attached hydrogens (tertiary/aromatic N) is 3. The molecule has 1 fully saturated rings. The average Bonchev–Trinajstić information content (AvgIpc) is 2.91. The summed E-state index contributed by atoms with van der Waals surface area (Å²) < 4.78 is 25.3. The fourth-order valence-electron chi connectivity index (χ4n) is 3.39. The third kappa shape index (κ3) is 2.71. The Morgan fingerprint density at radius 2 is 2.04 bits per heavy atom. The van der Waals surface area contributed by atoms with Crippen LogP contribution in [0.4, 0.5) is 0 Å². The van der Waals surface area contributed by atoms with Crippen molar-refractivity contribution in [3.05, 3.63) is 28.8 Å². The number of fused-ring (bicyclic) bond motifs is 3. The number of nitrogens with one attached hydrogen (secondary N) is 1. The highest BCUT2D eigenvalue weighted by Gasteiger charge is 2.35. The normalized spacial score (nSPS) is 16.8. The molecule has 0 amide bonds.